The Morgan fingerprint density at radius 2 is 1.71 bits per heavy atom. The van der Waals surface area contributed by atoms with E-state index in [0.717, 1.165) is 22.6 Å². The molecule has 0 aliphatic carbocycles. The van der Waals surface area contributed by atoms with Gasteiger partial charge >= 0.3 is 0 Å². The van der Waals surface area contributed by atoms with E-state index >= 15 is 0 Å². The predicted molar refractivity (Wildman–Crippen MR) is 128 cm³/mol. The number of carbonyl (C=O) groups excluding carboxylic acids is 2. The fourth-order valence-corrected chi connectivity index (χ4v) is 3.96. The highest BCUT2D eigenvalue weighted by Crippen LogP contribution is 2.23. The molecule has 0 aromatic heterocycles. The summed E-state index contributed by atoms with van der Waals surface area (Å²) in [6, 6.07) is 14.5. The summed E-state index contributed by atoms with van der Waals surface area (Å²) < 4.78 is 5.22. The van der Waals surface area contributed by atoms with Gasteiger partial charge in [0.2, 0.25) is 11.8 Å². The number of halogens is 1. The molecule has 2 amide bonds. The molecule has 0 fully saturated rings. The van der Waals surface area contributed by atoms with Crippen LogP contribution in [-0.2, 0) is 16.1 Å². The second-order valence-corrected chi connectivity index (χ2v) is 8.84. The summed E-state index contributed by atoms with van der Waals surface area (Å²) in [6.45, 7) is 6.28. The van der Waals surface area contributed by atoms with Crippen LogP contribution in [-0.4, -0.2) is 41.7 Å². The van der Waals surface area contributed by atoms with Gasteiger partial charge in [-0.2, -0.15) is 0 Å². The van der Waals surface area contributed by atoms with Gasteiger partial charge in [-0.05, 0) is 61.7 Å². The molecule has 2 aromatic rings. The van der Waals surface area contributed by atoms with Crippen LogP contribution in [0.3, 0.4) is 0 Å². The molecule has 7 heteroatoms. The number of methoxy groups -OCH3 is 1. The number of hydrogen-bond donors (Lipinski definition) is 1. The van der Waals surface area contributed by atoms with Crippen LogP contribution in [0.25, 0.3) is 0 Å². The van der Waals surface area contributed by atoms with Crippen LogP contribution >= 0.6 is 23.4 Å². The Bertz CT molecular complexity index is 843. The zero-order valence-corrected chi connectivity index (χ0v) is 20.1. The van der Waals surface area contributed by atoms with E-state index in [1.807, 2.05) is 57.2 Å². The minimum Gasteiger partial charge on any atom is -0.497 e. The molecule has 0 aliphatic heterocycles. The van der Waals surface area contributed by atoms with Crippen molar-refractivity contribution in [3.63, 3.8) is 0 Å². The third-order valence-electron chi connectivity index (χ3n) is 5.07. The standard InChI is InChI=1S/C24H31ClN2O3S/c1-5-17(3)26-24(29)22(6-2)27(15-18-7-11-20(30-4)12-8-18)23(28)16-31-21-13-9-19(25)10-14-21/h7-14,17,22H,5-6,15-16H2,1-4H3,(H,26,29)/t17-,22+/m0/s1. The van der Waals surface area contributed by atoms with Crippen molar-refractivity contribution in [3.05, 3.63) is 59.1 Å². The van der Waals surface area contributed by atoms with Crippen molar-refractivity contribution < 1.29 is 14.3 Å². The second kappa shape index (κ2) is 12.6. The number of amides is 2. The lowest BCUT2D eigenvalue weighted by molar-refractivity contribution is -0.139. The molecule has 0 unspecified atom stereocenters. The van der Waals surface area contributed by atoms with Crippen molar-refractivity contribution in [2.75, 3.05) is 12.9 Å². The van der Waals surface area contributed by atoms with Crippen molar-refractivity contribution >= 4 is 35.2 Å². The van der Waals surface area contributed by atoms with E-state index in [0.29, 0.717) is 18.0 Å². The van der Waals surface area contributed by atoms with E-state index in [4.69, 9.17) is 16.3 Å². The zero-order valence-electron chi connectivity index (χ0n) is 18.6. The van der Waals surface area contributed by atoms with Crippen LogP contribution < -0.4 is 10.1 Å². The number of carbonyl (C=O) groups is 2. The number of rotatable bonds is 11. The average molecular weight is 463 g/mol. The van der Waals surface area contributed by atoms with E-state index < -0.39 is 6.04 Å². The van der Waals surface area contributed by atoms with Gasteiger partial charge in [-0.3, -0.25) is 9.59 Å². The first kappa shape index (κ1) is 25.1. The molecule has 168 valence electrons. The molecule has 2 rings (SSSR count). The summed E-state index contributed by atoms with van der Waals surface area (Å²) in [7, 11) is 1.62. The molecule has 5 nitrogen and oxygen atoms in total. The van der Waals surface area contributed by atoms with E-state index in [9.17, 15) is 9.59 Å². The molecule has 0 spiro atoms. The van der Waals surface area contributed by atoms with Gasteiger partial charge in [-0.15, -0.1) is 11.8 Å². The quantitative estimate of drug-likeness (QED) is 0.468. The number of nitrogens with one attached hydrogen (secondary N) is 1. The normalized spacial score (nSPS) is 12.7. The van der Waals surface area contributed by atoms with E-state index in [2.05, 4.69) is 5.32 Å². The lowest BCUT2D eigenvalue weighted by Gasteiger charge is -2.31. The van der Waals surface area contributed by atoms with E-state index in [1.54, 1.807) is 24.1 Å². The van der Waals surface area contributed by atoms with Crippen molar-refractivity contribution in [2.24, 2.45) is 0 Å². The maximum absolute atomic E-state index is 13.2. The minimum atomic E-state index is -0.533. The average Bonchev–Trinajstić information content (AvgIpc) is 2.78. The van der Waals surface area contributed by atoms with Crippen LogP contribution in [0.5, 0.6) is 5.75 Å². The third-order valence-corrected chi connectivity index (χ3v) is 6.32. The van der Waals surface area contributed by atoms with E-state index in [-0.39, 0.29) is 23.6 Å². The highest BCUT2D eigenvalue weighted by atomic mass is 35.5. The Labute approximate surface area is 194 Å². The Morgan fingerprint density at radius 3 is 2.26 bits per heavy atom. The molecular formula is C24H31ClN2O3S. The second-order valence-electron chi connectivity index (χ2n) is 7.35. The van der Waals surface area contributed by atoms with Gasteiger partial charge in [0.05, 0.1) is 12.9 Å². The van der Waals surface area contributed by atoms with Gasteiger partial charge in [-0.1, -0.05) is 37.6 Å². The maximum atomic E-state index is 13.2. The van der Waals surface area contributed by atoms with Gasteiger partial charge in [0.25, 0.3) is 0 Å². The molecule has 2 aromatic carbocycles. The summed E-state index contributed by atoms with van der Waals surface area (Å²) in [5.41, 5.74) is 0.945. The molecule has 0 aliphatic rings. The first-order valence-corrected chi connectivity index (χ1v) is 11.8. The fraction of sp³-hybridized carbons (Fsp3) is 0.417. The molecule has 31 heavy (non-hydrogen) atoms. The Kier molecular flexibility index (Phi) is 10.2. The number of benzene rings is 2. The third kappa shape index (κ3) is 7.78. The topological polar surface area (TPSA) is 58.6 Å². The number of nitrogens with zero attached hydrogens (tertiary/aromatic N) is 1. The fourth-order valence-electron chi connectivity index (χ4n) is 3.05. The lowest BCUT2D eigenvalue weighted by atomic mass is 10.1. The summed E-state index contributed by atoms with van der Waals surface area (Å²) in [4.78, 5) is 28.8. The molecular weight excluding hydrogens is 432 g/mol. The lowest BCUT2D eigenvalue weighted by Crippen LogP contribution is -2.51. The molecule has 0 bridgehead atoms. The smallest absolute Gasteiger partial charge is 0.243 e. The molecule has 2 atom stereocenters. The van der Waals surface area contributed by atoms with Crippen molar-refractivity contribution in [1.29, 1.82) is 0 Å². The maximum Gasteiger partial charge on any atom is 0.243 e. The molecule has 0 heterocycles. The molecule has 0 saturated carbocycles. The van der Waals surface area contributed by atoms with Gasteiger partial charge in [0.15, 0.2) is 0 Å². The summed E-state index contributed by atoms with van der Waals surface area (Å²) >= 11 is 7.39. The van der Waals surface area contributed by atoms with Crippen LogP contribution in [0.4, 0.5) is 0 Å². The van der Waals surface area contributed by atoms with Gasteiger partial charge in [0, 0.05) is 22.5 Å². The van der Waals surface area contributed by atoms with E-state index in [1.165, 1.54) is 11.8 Å². The van der Waals surface area contributed by atoms with Crippen LogP contribution in [0.2, 0.25) is 5.02 Å². The van der Waals surface area contributed by atoms with Crippen LogP contribution in [0.15, 0.2) is 53.4 Å². The number of thioether (sulfide) groups is 1. The number of hydrogen-bond acceptors (Lipinski definition) is 4. The first-order valence-electron chi connectivity index (χ1n) is 10.5. The molecule has 1 N–H and O–H groups in total. The summed E-state index contributed by atoms with van der Waals surface area (Å²) in [5, 5.41) is 3.68. The summed E-state index contributed by atoms with van der Waals surface area (Å²) in [6.07, 6.45) is 1.37. The number of ether oxygens (including phenoxy) is 1. The largest absolute Gasteiger partial charge is 0.497 e. The Balaban J connectivity index is 2.20. The van der Waals surface area contributed by atoms with Crippen LogP contribution in [0, 0.1) is 0 Å². The first-order chi connectivity index (χ1) is 14.9. The summed E-state index contributed by atoms with van der Waals surface area (Å²) in [5.74, 6) is 0.795. The highest BCUT2D eigenvalue weighted by Gasteiger charge is 2.29. The van der Waals surface area contributed by atoms with Gasteiger partial charge in [-0.25, -0.2) is 0 Å². The Hall–Kier alpha value is -2.18. The van der Waals surface area contributed by atoms with Crippen LogP contribution in [0.1, 0.15) is 39.2 Å². The van der Waals surface area contributed by atoms with Crippen molar-refractivity contribution in [1.82, 2.24) is 10.2 Å². The van der Waals surface area contributed by atoms with Crippen molar-refractivity contribution in [3.8, 4) is 5.75 Å². The molecule has 0 radical (unpaired) electrons. The monoisotopic (exact) mass is 462 g/mol. The molecule has 0 saturated heterocycles. The van der Waals surface area contributed by atoms with Crippen molar-refractivity contribution in [2.45, 2.75) is 57.1 Å². The zero-order chi connectivity index (χ0) is 22.8. The minimum absolute atomic E-state index is 0.0583. The Morgan fingerprint density at radius 1 is 1.06 bits per heavy atom. The van der Waals surface area contributed by atoms with Gasteiger partial charge in [0.1, 0.15) is 11.8 Å². The SMILES string of the molecule is CC[C@H](C(=O)N[C@@H](C)CC)N(Cc1ccc(OC)cc1)C(=O)CSc1ccc(Cl)cc1. The highest BCUT2D eigenvalue weighted by molar-refractivity contribution is 8.00. The predicted octanol–water partition coefficient (Wildman–Crippen LogP) is 5.16. The van der Waals surface area contributed by atoms with Gasteiger partial charge < -0.3 is 15.0 Å².